The Morgan fingerprint density at radius 3 is 2.88 bits per heavy atom. The van der Waals surface area contributed by atoms with Crippen LogP contribution in [0.4, 0.5) is 5.95 Å². The van der Waals surface area contributed by atoms with E-state index in [1.807, 2.05) is 17.3 Å². The number of aromatic nitrogens is 2. The Hall–Kier alpha value is -1.20. The lowest BCUT2D eigenvalue weighted by Crippen LogP contribution is -2.39. The third-order valence-corrected chi connectivity index (χ3v) is 2.95. The number of piperidine rings is 1. The first-order valence-corrected chi connectivity index (χ1v) is 6.24. The van der Waals surface area contributed by atoms with Crippen LogP contribution in [-0.4, -0.2) is 40.8 Å². The van der Waals surface area contributed by atoms with E-state index in [0.29, 0.717) is 6.54 Å². The molecule has 17 heavy (non-hydrogen) atoms. The van der Waals surface area contributed by atoms with Gasteiger partial charge in [0.15, 0.2) is 0 Å². The molecule has 0 aliphatic carbocycles. The number of aliphatic hydroxyl groups is 1. The number of aliphatic hydroxyl groups excluding tert-OH is 1. The maximum absolute atomic E-state index is 9.60. The summed E-state index contributed by atoms with van der Waals surface area (Å²) >= 11 is 0. The lowest BCUT2D eigenvalue weighted by molar-refractivity contribution is 0.153. The third kappa shape index (κ3) is 3.38. The molecular formula is C12H20N4O. The Balaban J connectivity index is 1.96. The normalized spacial score (nSPS) is 20.6. The number of hydrogen-bond acceptors (Lipinski definition) is 5. The van der Waals surface area contributed by atoms with E-state index in [-0.39, 0.29) is 6.10 Å². The van der Waals surface area contributed by atoms with Crippen molar-refractivity contribution in [3.8, 4) is 0 Å². The highest BCUT2D eigenvalue weighted by Gasteiger charge is 2.19. The predicted molar refractivity (Wildman–Crippen MR) is 66.9 cm³/mol. The minimum absolute atomic E-state index is 0.242. The van der Waals surface area contributed by atoms with Crippen LogP contribution in [0.2, 0.25) is 0 Å². The Bertz CT molecular complexity index is 341. The maximum atomic E-state index is 9.60. The largest absolute Gasteiger partial charge is 0.391 e. The molecule has 0 amide bonds. The molecule has 1 aliphatic rings. The molecule has 2 heterocycles. The fraction of sp³-hybridized carbons (Fsp3) is 0.667. The highest BCUT2D eigenvalue weighted by molar-refractivity contribution is 5.30. The fourth-order valence-electron chi connectivity index (χ4n) is 2.01. The van der Waals surface area contributed by atoms with E-state index in [2.05, 4.69) is 22.2 Å². The minimum atomic E-state index is -0.242. The molecule has 1 aliphatic heterocycles. The smallest absolute Gasteiger partial charge is 0.225 e. The predicted octanol–water partition coefficient (Wildman–Crippen LogP) is 0.547. The molecule has 0 radical (unpaired) electrons. The van der Waals surface area contributed by atoms with Gasteiger partial charge in [-0.05, 0) is 19.4 Å². The zero-order valence-electron chi connectivity index (χ0n) is 10.3. The molecule has 1 aromatic heterocycles. The number of rotatable bonds is 4. The molecule has 2 N–H and O–H groups in total. The van der Waals surface area contributed by atoms with Crippen molar-refractivity contribution in [2.24, 2.45) is 0 Å². The van der Waals surface area contributed by atoms with Gasteiger partial charge in [-0.15, -0.1) is 0 Å². The molecule has 5 heteroatoms. The Labute approximate surface area is 102 Å². The van der Waals surface area contributed by atoms with Gasteiger partial charge in [0.05, 0.1) is 6.10 Å². The molecule has 0 spiro atoms. The van der Waals surface area contributed by atoms with Crippen LogP contribution in [-0.2, 0) is 6.54 Å². The van der Waals surface area contributed by atoms with E-state index in [1.54, 1.807) is 0 Å². The number of nitrogens with one attached hydrogen (secondary N) is 1. The molecule has 1 aromatic rings. The Morgan fingerprint density at radius 2 is 2.24 bits per heavy atom. The topological polar surface area (TPSA) is 61.3 Å². The van der Waals surface area contributed by atoms with Crippen LogP contribution >= 0.6 is 0 Å². The number of β-amino-alcohol motifs (C(OH)–C–C–N with tert-alkyl or cyclic N) is 1. The van der Waals surface area contributed by atoms with Crippen LogP contribution in [0.25, 0.3) is 0 Å². The summed E-state index contributed by atoms with van der Waals surface area (Å²) in [7, 11) is 0. The molecular weight excluding hydrogens is 216 g/mol. The number of hydrogen-bond donors (Lipinski definition) is 2. The van der Waals surface area contributed by atoms with Crippen LogP contribution < -0.4 is 10.2 Å². The molecule has 1 fully saturated rings. The molecule has 2 rings (SSSR count). The Kier molecular flexibility index (Phi) is 4.28. The lowest BCUT2D eigenvalue weighted by atomic mass is 10.1. The van der Waals surface area contributed by atoms with Crippen molar-refractivity contribution < 1.29 is 5.11 Å². The second-order valence-electron chi connectivity index (χ2n) is 4.41. The summed E-state index contributed by atoms with van der Waals surface area (Å²) in [5.74, 6) is 0.726. The van der Waals surface area contributed by atoms with E-state index in [0.717, 1.165) is 44.0 Å². The molecule has 5 nitrogen and oxygen atoms in total. The van der Waals surface area contributed by atoms with Crippen LogP contribution in [0.5, 0.6) is 0 Å². The highest BCUT2D eigenvalue weighted by Crippen LogP contribution is 2.15. The standard InChI is InChI=1S/C12H20N4O/c1-2-13-6-10-7-14-12(15-8-10)16-5-3-4-11(17)9-16/h7-8,11,13,17H,2-6,9H2,1H3. The number of anilines is 1. The van der Waals surface area contributed by atoms with Crippen molar-refractivity contribution in [2.45, 2.75) is 32.4 Å². The summed E-state index contributed by atoms with van der Waals surface area (Å²) in [5, 5.41) is 12.8. The SMILES string of the molecule is CCNCc1cnc(N2CCCC(O)C2)nc1. The first kappa shape index (κ1) is 12.3. The quantitative estimate of drug-likeness (QED) is 0.799. The van der Waals surface area contributed by atoms with Gasteiger partial charge < -0.3 is 15.3 Å². The zero-order chi connectivity index (χ0) is 12.1. The summed E-state index contributed by atoms with van der Waals surface area (Å²) < 4.78 is 0. The third-order valence-electron chi connectivity index (χ3n) is 2.95. The molecule has 1 unspecified atom stereocenters. The van der Waals surface area contributed by atoms with Gasteiger partial charge in [-0.2, -0.15) is 0 Å². The number of nitrogens with zero attached hydrogens (tertiary/aromatic N) is 3. The molecule has 1 atom stereocenters. The van der Waals surface area contributed by atoms with Gasteiger partial charge in [0.25, 0.3) is 0 Å². The van der Waals surface area contributed by atoms with Crippen molar-refractivity contribution in [3.63, 3.8) is 0 Å². The van der Waals surface area contributed by atoms with Crippen molar-refractivity contribution >= 4 is 5.95 Å². The lowest BCUT2D eigenvalue weighted by Gasteiger charge is -2.29. The molecule has 0 aromatic carbocycles. The van der Waals surface area contributed by atoms with Gasteiger partial charge in [0.2, 0.25) is 5.95 Å². The van der Waals surface area contributed by atoms with E-state index < -0.39 is 0 Å². The van der Waals surface area contributed by atoms with E-state index in [1.165, 1.54) is 0 Å². The molecule has 0 bridgehead atoms. The molecule has 0 saturated carbocycles. The monoisotopic (exact) mass is 236 g/mol. The van der Waals surface area contributed by atoms with Crippen LogP contribution in [0.15, 0.2) is 12.4 Å². The summed E-state index contributed by atoms with van der Waals surface area (Å²) in [6, 6.07) is 0. The van der Waals surface area contributed by atoms with Gasteiger partial charge in [0.1, 0.15) is 0 Å². The highest BCUT2D eigenvalue weighted by atomic mass is 16.3. The van der Waals surface area contributed by atoms with Crippen LogP contribution in [0.3, 0.4) is 0 Å². The Morgan fingerprint density at radius 1 is 1.47 bits per heavy atom. The van der Waals surface area contributed by atoms with Gasteiger partial charge in [-0.1, -0.05) is 6.92 Å². The maximum Gasteiger partial charge on any atom is 0.225 e. The zero-order valence-corrected chi connectivity index (χ0v) is 10.3. The van der Waals surface area contributed by atoms with Gasteiger partial charge in [0, 0.05) is 37.6 Å². The molecule has 1 saturated heterocycles. The van der Waals surface area contributed by atoms with Crippen LogP contribution in [0.1, 0.15) is 25.3 Å². The second kappa shape index (κ2) is 5.93. The van der Waals surface area contributed by atoms with Gasteiger partial charge in [-0.3, -0.25) is 0 Å². The van der Waals surface area contributed by atoms with Crippen molar-refractivity contribution in [1.82, 2.24) is 15.3 Å². The first-order valence-electron chi connectivity index (χ1n) is 6.24. The van der Waals surface area contributed by atoms with Gasteiger partial charge in [-0.25, -0.2) is 9.97 Å². The minimum Gasteiger partial charge on any atom is -0.391 e. The summed E-state index contributed by atoms with van der Waals surface area (Å²) in [6.07, 6.45) is 5.35. The molecule has 94 valence electrons. The van der Waals surface area contributed by atoms with E-state index in [9.17, 15) is 5.11 Å². The van der Waals surface area contributed by atoms with Crippen molar-refractivity contribution in [3.05, 3.63) is 18.0 Å². The summed E-state index contributed by atoms with van der Waals surface area (Å²) in [5.41, 5.74) is 1.09. The summed E-state index contributed by atoms with van der Waals surface area (Å²) in [6.45, 7) is 5.40. The van der Waals surface area contributed by atoms with Crippen molar-refractivity contribution in [2.75, 3.05) is 24.5 Å². The fourth-order valence-corrected chi connectivity index (χ4v) is 2.01. The van der Waals surface area contributed by atoms with Gasteiger partial charge >= 0.3 is 0 Å². The first-order chi connectivity index (χ1) is 8.29. The van der Waals surface area contributed by atoms with E-state index >= 15 is 0 Å². The second-order valence-corrected chi connectivity index (χ2v) is 4.41. The van der Waals surface area contributed by atoms with Crippen molar-refractivity contribution in [1.29, 1.82) is 0 Å². The van der Waals surface area contributed by atoms with E-state index in [4.69, 9.17) is 0 Å². The summed E-state index contributed by atoms with van der Waals surface area (Å²) in [4.78, 5) is 10.8. The van der Waals surface area contributed by atoms with Crippen LogP contribution in [0, 0.1) is 0 Å². The average Bonchev–Trinajstić information content (AvgIpc) is 2.37. The average molecular weight is 236 g/mol.